The molecule has 0 fully saturated rings. The van der Waals surface area contributed by atoms with Gasteiger partial charge >= 0.3 is 0 Å². The van der Waals surface area contributed by atoms with Crippen molar-refractivity contribution in [1.82, 2.24) is 39.1 Å². The first-order valence-corrected chi connectivity index (χ1v) is 13.0. The summed E-state index contributed by atoms with van der Waals surface area (Å²) in [6.07, 6.45) is 7.46. The molecule has 0 bridgehead atoms. The largest absolute Gasteiger partial charge is 0.336 e. The van der Waals surface area contributed by atoms with Crippen LogP contribution >= 0.6 is 23.2 Å². The number of nitrogens with zero attached hydrogens (tertiary/aromatic N) is 8. The highest BCUT2D eigenvalue weighted by molar-refractivity contribution is 6.33. The predicted octanol–water partition coefficient (Wildman–Crippen LogP) is 6.49. The summed E-state index contributed by atoms with van der Waals surface area (Å²) in [4.78, 5) is 9.13. The Hall–Kier alpha value is -4.53. The van der Waals surface area contributed by atoms with Gasteiger partial charge in [0.2, 0.25) is 0 Å². The maximum Gasteiger partial charge on any atom is 0.180 e. The van der Waals surface area contributed by atoms with Gasteiger partial charge in [-0.2, -0.15) is 4.52 Å². The fourth-order valence-corrected chi connectivity index (χ4v) is 5.57. The number of pyridine rings is 1. The summed E-state index contributed by atoms with van der Waals surface area (Å²) in [5.41, 5.74) is 6.39. The van der Waals surface area contributed by atoms with E-state index in [0.29, 0.717) is 15.7 Å². The van der Waals surface area contributed by atoms with E-state index < -0.39 is 0 Å². The van der Waals surface area contributed by atoms with E-state index in [1.54, 1.807) is 17.0 Å². The summed E-state index contributed by atoms with van der Waals surface area (Å²) in [7, 11) is 1.99. The standard InChI is InChI=1S/C29H20Cl2N8/c1-37-17-32-16-26(37)28(38-12-11-33-29(38)21-7-2-3-8-24(21)31)19-9-10-25-23(14-19)22(15-27-34-35-36-39(25)27)18-5-4-6-20(30)13-18/h2-17,28H,1H3. The molecule has 190 valence electrons. The molecule has 0 aliphatic carbocycles. The molecule has 10 heteroatoms. The van der Waals surface area contributed by atoms with Crippen molar-refractivity contribution in [3.8, 4) is 22.5 Å². The van der Waals surface area contributed by atoms with Crippen LogP contribution in [0.5, 0.6) is 0 Å². The van der Waals surface area contributed by atoms with Crippen LogP contribution in [0, 0.1) is 0 Å². The van der Waals surface area contributed by atoms with Crippen molar-refractivity contribution in [1.29, 1.82) is 0 Å². The smallest absolute Gasteiger partial charge is 0.180 e. The molecule has 1 unspecified atom stereocenters. The zero-order chi connectivity index (χ0) is 26.5. The summed E-state index contributed by atoms with van der Waals surface area (Å²) in [5, 5.41) is 14.6. The summed E-state index contributed by atoms with van der Waals surface area (Å²) in [6, 6.07) is 23.6. The molecule has 0 aliphatic heterocycles. The van der Waals surface area contributed by atoms with Gasteiger partial charge in [-0.15, -0.1) is 5.10 Å². The number of hydrogen-bond donors (Lipinski definition) is 0. The van der Waals surface area contributed by atoms with Crippen LogP contribution in [0.15, 0.2) is 97.7 Å². The first kappa shape index (κ1) is 23.6. The van der Waals surface area contributed by atoms with Gasteiger partial charge in [0, 0.05) is 35.4 Å². The maximum atomic E-state index is 6.62. The van der Waals surface area contributed by atoms with Gasteiger partial charge in [0.15, 0.2) is 5.65 Å². The van der Waals surface area contributed by atoms with Gasteiger partial charge in [-0.1, -0.05) is 53.5 Å². The highest BCUT2D eigenvalue weighted by Gasteiger charge is 2.25. The first-order valence-electron chi connectivity index (χ1n) is 12.2. The molecule has 39 heavy (non-hydrogen) atoms. The van der Waals surface area contributed by atoms with E-state index in [0.717, 1.165) is 44.7 Å². The molecular weight excluding hydrogens is 531 g/mol. The fraction of sp³-hybridized carbons (Fsp3) is 0.0690. The number of aryl methyl sites for hydroxylation is 1. The molecule has 0 spiro atoms. The van der Waals surface area contributed by atoms with Crippen LogP contribution in [0.2, 0.25) is 10.0 Å². The molecule has 0 saturated heterocycles. The van der Waals surface area contributed by atoms with Gasteiger partial charge in [-0.25, -0.2) is 9.97 Å². The van der Waals surface area contributed by atoms with E-state index in [1.807, 2.05) is 78.6 Å². The van der Waals surface area contributed by atoms with Crippen LogP contribution in [0.25, 0.3) is 39.1 Å². The molecule has 0 N–H and O–H groups in total. The van der Waals surface area contributed by atoms with Crippen molar-refractivity contribution in [3.63, 3.8) is 0 Å². The zero-order valence-electron chi connectivity index (χ0n) is 20.6. The number of tetrazole rings is 1. The molecule has 8 nitrogen and oxygen atoms in total. The monoisotopic (exact) mass is 550 g/mol. The lowest BCUT2D eigenvalue weighted by Gasteiger charge is -2.23. The SMILES string of the molecule is Cn1cncc1C(c1ccc2c(c1)c(-c1cccc(Cl)c1)cc1nnnn12)n1ccnc1-c1ccccc1Cl. The molecule has 1 atom stereocenters. The van der Waals surface area contributed by atoms with E-state index in [9.17, 15) is 0 Å². The van der Waals surface area contributed by atoms with Crippen LogP contribution < -0.4 is 0 Å². The first-order chi connectivity index (χ1) is 19.1. The summed E-state index contributed by atoms with van der Waals surface area (Å²) in [6.45, 7) is 0. The Kier molecular flexibility index (Phi) is 5.65. The molecule has 0 saturated carbocycles. The van der Waals surface area contributed by atoms with Crippen molar-refractivity contribution in [2.24, 2.45) is 7.05 Å². The third-order valence-electron chi connectivity index (χ3n) is 6.95. The normalized spacial score (nSPS) is 12.4. The number of benzene rings is 3. The molecule has 4 aromatic heterocycles. The minimum atomic E-state index is -0.243. The van der Waals surface area contributed by atoms with Crippen LogP contribution in [0.1, 0.15) is 17.3 Å². The third-order valence-corrected chi connectivity index (χ3v) is 7.52. The van der Waals surface area contributed by atoms with Crippen LogP contribution in [-0.4, -0.2) is 39.1 Å². The lowest BCUT2D eigenvalue weighted by Crippen LogP contribution is -2.16. The van der Waals surface area contributed by atoms with Crippen LogP contribution in [-0.2, 0) is 7.05 Å². The lowest BCUT2D eigenvalue weighted by molar-refractivity contribution is 0.633. The third kappa shape index (κ3) is 3.96. The minimum absolute atomic E-state index is 0.243. The Bertz CT molecular complexity index is 1990. The average molecular weight is 551 g/mol. The molecule has 7 rings (SSSR count). The number of imidazole rings is 2. The van der Waals surface area contributed by atoms with Crippen LogP contribution in [0.4, 0.5) is 0 Å². The van der Waals surface area contributed by atoms with Crippen molar-refractivity contribution in [2.75, 3.05) is 0 Å². The van der Waals surface area contributed by atoms with Gasteiger partial charge in [0.1, 0.15) is 11.9 Å². The number of aromatic nitrogens is 8. The lowest BCUT2D eigenvalue weighted by atomic mass is 9.96. The van der Waals surface area contributed by atoms with E-state index in [4.69, 9.17) is 28.2 Å². The van der Waals surface area contributed by atoms with Crippen molar-refractivity contribution >= 4 is 39.8 Å². The van der Waals surface area contributed by atoms with Gasteiger partial charge < -0.3 is 9.13 Å². The van der Waals surface area contributed by atoms with Crippen LogP contribution in [0.3, 0.4) is 0 Å². The van der Waals surface area contributed by atoms with Crippen molar-refractivity contribution in [3.05, 3.63) is 119 Å². The zero-order valence-corrected chi connectivity index (χ0v) is 22.2. The molecule has 0 radical (unpaired) electrons. The summed E-state index contributed by atoms with van der Waals surface area (Å²) in [5.74, 6) is 0.762. The Labute approximate surface area is 233 Å². The number of rotatable bonds is 5. The van der Waals surface area contributed by atoms with E-state index in [1.165, 1.54) is 0 Å². The van der Waals surface area contributed by atoms with Crippen molar-refractivity contribution < 1.29 is 0 Å². The predicted molar refractivity (Wildman–Crippen MR) is 152 cm³/mol. The maximum absolute atomic E-state index is 6.62. The fourth-order valence-electron chi connectivity index (χ4n) is 5.16. The number of fused-ring (bicyclic) bond motifs is 3. The second-order valence-electron chi connectivity index (χ2n) is 9.26. The van der Waals surface area contributed by atoms with E-state index in [2.05, 4.69) is 43.3 Å². The second kappa shape index (κ2) is 9.34. The van der Waals surface area contributed by atoms with E-state index in [-0.39, 0.29) is 6.04 Å². The molecular formula is C29H20Cl2N8. The van der Waals surface area contributed by atoms with Gasteiger partial charge in [0.25, 0.3) is 0 Å². The second-order valence-corrected chi connectivity index (χ2v) is 10.1. The Morgan fingerprint density at radius 1 is 0.897 bits per heavy atom. The summed E-state index contributed by atoms with van der Waals surface area (Å²) < 4.78 is 5.90. The summed E-state index contributed by atoms with van der Waals surface area (Å²) >= 11 is 13.0. The number of hydrogen-bond acceptors (Lipinski definition) is 5. The van der Waals surface area contributed by atoms with Gasteiger partial charge in [-0.05, 0) is 69.6 Å². The van der Waals surface area contributed by atoms with Gasteiger partial charge in [0.05, 0.1) is 28.8 Å². The minimum Gasteiger partial charge on any atom is -0.336 e. The molecule has 3 aromatic carbocycles. The number of halogens is 2. The quantitative estimate of drug-likeness (QED) is 0.245. The Morgan fingerprint density at radius 3 is 2.62 bits per heavy atom. The molecule has 0 aliphatic rings. The Balaban J connectivity index is 1.50. The molecule has 0 amide bonds. The Morgan fingerprint density at radius 2 is 1.79 bits per heavy atom. The van der Waals surface area contributed by atoms with Gasteiger partial charge in [-0.3, -0.25) is 0 Å². The highest BCUT2D eigenvalue weighted by atomic mass is 35.5. The molecule has 7 aromatic rings. The van der Waals surface area contributed by atoms with E-state index >= 15 is 0 Å². The highest BCUT2D eigenvalue weighted by Crippen LogP contribution is 2.37. The average Bonchev–Trinajstić information content (AvgIpc) is 3.71. The molecule has 4 heterocycles. The topological polar surface area (TPSA) is 78.7 Å². The van der Waals surface area contributed by atoms with Crippen molar-refractivity contribution in [2.45, 2.75) is 6.04 Å².